The van der Waals surface area contributed by atoms with Crippen molar-refractivity contribution < 1.29 is 15.3 Å². The number of hydrazone groups is 1. The number of anilines is 1. The zero-order chi connectivity index (χ0) is 18.0. The molecule has 0 aliphatic heterocycles. The van der Waals surface area contributed by atoms with Gasteiger partial charge in [0, 0.05) is 17.5 Å². The number of rotatable bonds is 3. The summed E-state index contributed by atoms with van der Waals surface area (Å²) >= 11 is 5.09. The van der Waals surface area contributed by atoms with Gasteiger partial charge in [-0.05, 0) is 23.7 Å². The van der Waals surface area contributed by atoms with Crippen LogP contribution in [0.1, 0.15) is 5.56 Å². The first-order valence-electron chi connectivity index (χ1n) is 7.33. The minimum absolute atomic E-state index is 0.00496. The molecule has 0 bridgehead atoms. The Morgan fingerprint density at radius 3 is 2.32 bits per heavy atom. The van der Waals surface area contributed by atoms with E-state index >= 15 is 0 Å². The number of hydrogen-bond donors (Lipinski definition) is 4. The van der Waals surface area contributed by atoms with Crippen molar-refractivity contribution in [2.24, 2.45) is 10.8 Å². The molecule has 0 atom stereocenters. The molecule has 25 heavy (non-hydrogen) atoms. The first kappa shape index (κ1) is 16.5. The lowest BCUT2D eigenvalue weighted by molar-refractivity contribution is 0.427. The molecule has 5 N–H and O–H groups in total. The van der Waals surface area contributed by atoms with E-state index in [0.29, 0.717) is 5.69 Å². The van der Waals surface area contributed by atoms with E-state index in [1.54, 1.807) is 0 Å². The first-order chi connectivity index (χ1) is 12.0. The number of benzene rings is 3. The Morgan fingerprint density at radius 1 is 1.00 bits per heavy atom. The lowest BCUT2D eigenvalue weighted by atomic mass is 10.1. The van der Waals surface area contributed by atoms with Crippen molar-refractivity contribution in [3.8, 4) is 17.2 Å². The molecule has 0 spiro atoms. The number of phenols is 3. The molecule has 6 nitrogen and oxygen atoms in total. The van der Waals surface area contributed by atoms with E-state index in [4.69, 9.17) is 18.0 Å². The summed E-state index contributed by atoms with van der Waals surface area (Å²) in [6, 6.07) is 15.5. The minimum Gasteiger partial charge on any atom is -0.508 e. The Hall–Kier alpha value is -3.32. The summed E-state index contributed by atoms with van der Waals surface area (Å²) in [6.07, 6.45) is 1.23. The maximum absolute atomic E-state index is 9.87. The number of hydrogen-bond acceptors (Lipinski definition) is 5. The molecule has 0 aromatic heterocycles. The maximum atomic E-state index is 9.87. The Labute approximate surface area is 149 Å². The van der Waals surface area contributed by atoms with Gasteiger partial charge in [-0.15, -0.1) is 0 Å². The molecule has 0 amide bonds. The highest BCUT2D eigenvalue weighted by atomic mass is 32.1. The number of thiocarbonyl (C=S) groups is 1. The molecule has 0 saturated heterocycles. The molecule has 0 heterocycles. The molecule has 0 radical (unpaired) electrons. The smallest absolute Gasteiger partial charge is 0.191 e. The van der Waals surface area contributed by atoms with Gasteiger partial charge in [0.1, 0.15) is 17.2 Å². The van der Waals surface area contributed by atoms with Gasteiger partial charge in [0.2, 0.25) is 0 Å². The van der Waals surface area contributed by atoms with Crippen LogP contribution in [-0.2, 0) is 0 Å². The van der Waals surface area contributed by atoms with Crippen molar-refractivity contribution in [3.63, 3.8) is 0 Å². The van der Waals surface area contributed by atoms with E-state index < -0.39 is 0 Å². The van der Waals surface area contributed by atoms with Gasteiger partial charge in [0.25, 0.3) is 0 Å². The van der Waals surface area contributed by atoms with Crippen LogP contribution in [0, 0.1) is 0 Å². The van der Waals surface area contributed by atoms with Crippen LogP contribution in [0.3, 0.4) is 0 Å². The van der Waals surface area contributed by atoms with Gasteiger partial charge < -0.3 is 21.1 Å². The Bertz CT molecular complexity index is 960. The van der Waals surface area contributed by atoms with Gasteiger partial charge in [0.15, 0.2) is 5.11 Å². The minimum atomic E-state index is -0.318. The highest BCUT2D eigenvalue weighted by molar-refractivity contribution is 7.80. The third kappa shape index (κ3) is 3.31. The number of nitrogens with zero attached hydrogens (tertiary/aromatic N) is 2. The lowest BCUT2D eigenvalue weighted by Gasteiger charge is -2.19. The molecule has 0 saturated carbocycles. The maximum Gasteiger partial charge on any atom is 0.191 e. The van der Waals surface area contributed by atoms with E-state index in [-0.39, 0.29) is 27.9 Å². The molecule has 3 rings (SSSR count). The fraction of sp³-hybridized carbons (Fsp3) is 0. The molecular weight excluding hydrogens is 338 g/mol. The number of aromatic hydroxyl groups is 3. The van der Waals surface area contributed by atoms with Crippen LogP contribution in [0.2, 0.25) is 0 Å². The quantitative estimate of drug-likeness (QED) is 0.328. The van der Waals surface area contributed by atoms with E-state index in [0.717, 1.165) is 22.9 Å². The fourth-order valence-electron chi connectivity index (χ4n) is 2.49. The lowest BCUT2D eigenvalue weighted by Crippen LogP contribution is -2.31. The average Bonchev–Trinajstić information content (AvgIpc) is 2.56. The predicted octanol–water partition coefficient (Wildman–Crippen LogP) is 3.04. The molecule has 0 aliphatic rings. The van der Waals surface area contributed by atoms with E-state index in [2.05, 4.69) is 5.10 Å². The van der Waals surface area contributed by atoms with Crippen molar-refractivity contribution in [2.45, 2.75) is 0 Å². The normalized spacial score (nSPS) is 11.0. The largest absolute Gasteiger partial charge is 0.508 e. The summed E-state index contributed by atoms with van der Waals surface area (Å²) in [5.74, 6) is -0.892. The van der Waals surface area contributed by atoms with Gasteiger partial charge in [-0.1, -0.05) is 36.4 Å². The number of phenolic OH excluding ortho intramolecular Hbond substituents is 3. The van der Waals surface area contributed by atoms with Crippen LogP contribution in [0.15, 0.2) is 59.7 Å². The summed E-state index contributed by atoms with van der Waals surface area (Å²) in [6.45, 7) is 0. The van der Waals surface area contributed by atoms with Crippen molar-refractivity contribution in [3.05, 3.63) is 60.2 Å². The zero-order valence-corrected chi connectivity index (χ0v) is 13.8. The van der Waals surface area contributed by atoms with Crippen LogP contribution in [-0.4, -0.2) is 26.6 Å². The summed E-state index contributed by atoms with van der Waals surface area (Å²) in [5, 5.41) is 36.5. The third-order valence-corrected chi connectivity index (χ3v) is 3.80. The predicted molar refractivity (Wildman–Crippen MR) is 102 cm³/mol. The van der Waals surface area contributed by atoms with Gasteiger partial charge in [-0.25, -0.2) is 5.01 Å². The third-order valence-electron chi connectivity index (χ3n) is 3.63. The first-order valence-corrected chi connectivity index (χ1v) is 7.74. The second-order valence-corrected chi connectivity index (χ2v) is 5.71. The van der Waals surface area contributed by atoms with Crippen LogP contribution in [0.25, 0.3) is 10.8 Å². The van der Waals surface area contributed by atoms with Crippen LogP contribution in [0.5, 0.6) is 17.2 Å². The van der Waals surface area contributed by atoms with Crippen molar-refractivity contribution >= 4 is 40.0 Å². The van der Waals surface area contributed by atoms with Gasteiger partial charge >= 0.3 is 0 Å². The standard InChI is InChI=1S/C18H15N3O3S/c19-18(25)21(15-7-3-5-11-4-1-2-6-13(11)15)20-10-14-16(23)8-12(22)9-17(14)24/h1-10,22-24H,(H2,19,25). The molecule has 3 aromatic rings. The number of fused-ring (bicyclic) bond motifs is 1. The fourth-order valence-corrected chi connectivity index (χ4v) is 2.63. The van der Waals surface area contributed by atoms with Crippen LogP contribution in [0.4, 0.5) is 5.69 Å². The SMILES string of the molecule is NC(=S)N(N=Cc1c(O)cc(O)cc1O)c1cccc2ccccc12. The second kappa shape index (κ2) is 6.66. The molecule has 3 aromatic carbocycles. The van der Waals surface area contributed by atoms with Gasteiger partial charge in [-0.3, -0.25) is 0 Å². The van der Waals surface area contributed by atoms with E-state index in [1.165, 1.54) is 11.2 Å². The molecule has 7 heteroatoms. The Morgan fingerprint density at radius 2 is 1.64 bits per heavy atom. The molecule has 0 fully saturated rings. The van der Waals surface area contributed by atoms with E-state index in [9.17, 15) is 15.3 Å². The summed E-state index contributed by atoms with van der Waals surface area (Å²) < 4.78 is 0. The van der Waals surface area contributed by atoms with Crippen LogP contribution >= 0.6 is 12.2 Å². The summed E-state index contributed by atoms with van der Waals surface area (Å²) in [4.78, 5) is 0. The molecular formula is C18H15N3O3S. The highest BCUT2D eigenvalue weighted by Crippen LogP contribution is 2.31. The van der Waals surface area contributed by atoms with Crippen molar-refractivity contribution in [1.82, 2.24) is 0 Å². The number of nitrogens with two attached hydrogens (primary N) is 1. The van der Waals surface area contributed by atoms with Gasteiger partial charge in [-0.2, -0.15) is 5.10 Å². The molecule has 0 unspecified atom stereocenters. The highest BCUT2D eigenvalue weighted by Gasteiger charge is 2.13. The second-order valence-electron chi connectivity index (χ2n) is 5.29. The van der Waals surface area contributed by atoms with Crippen molar-refractivity contribution in [2.75, 3.05) is 5.01 Å². The topological polar surface area (TPSA) is 102 Å². The monoisotopic (exact) mass is 353 g/mol. The zero-order valence-electron chi connectivity index (χ0n) is 13.0. The Balaban J connectivity index is 2.07. The van der Waals surface area contributed by atoms with Crippen LogP contribution < -0.4 is 10.7 Å². The van der Waals surface area contributed by atoms with Crippen molar-refractivity contribution in [1.29, 1.82) is 0 Å². The summed E-state index contributed by atoms with van der Waals surface area (Å²) in [5.41, 5.74) is 6.51. The molecule has 0 aliphatic carbocycles. The Kier molecular flexibility index (Phi) is 4.40. The average molecular weight is 353 g/mol. The van der Waals surface area contributed by atoms with E-state index in [1.807, 2.05) is 42.5 Å². The summed E-state index contributed by atoms with van der Waals surface area (Å²) in [7, 11) is 0. The van der Waals surface area contributed by atoms with Gasteiger partial charge in [0.05, 0.1) is 17.5 Å². The molecule has 126 valence electrons.